The molecule has 0 radical (unpaired) electrons. The van der Waals surface area contributed by atoms with E-state index in [1.54, 1.807) is 28.8 Å². The number of methoxy groups -OCH3 is 1. The molecule has 0 spiro atoms. The zero-order chi connectivity index (χ0) is 25.1. The van der Waals surface area contributed by atoms with Crippen molar-refractivity contribution >= 4 is 11.8 Å². The molecule has 0 saturated carbocycles. The summed E-state index contributed by atoms with van der Waals surface area (Å²) < 4.78 is 26.0. The van der Waals surface area contributed by atoms with Gasteiger partial charge in [-0.25, -0.2) is 9.07 Å². The second-order valence-corrected chi connectivity index (χ2v) is 9.05. The summed E-state index contributed by atoms with van der Waals surface area (Å²) in [6, 6.07) is 13.7. The van der Waals surface area contributed by atoms with E-state index in [1.165, 1.54) is 12.1 Å². The number of nitrogens with one attached hydrogen (secondary N) is 1. The minimum Gasteiger partial charge on any atom is -0.497 e. The highest BCUT2D eigenvalue weighted by Crippen LogP contribution is 2.29. The molecule has 0 bridgehead atoms. The molecule has 3 aromatic rings. The maximum absolute atomic E-state index is 13.2. The smallest absolute Gasteiger partial charge is 0.276 e. The number of aromatic nitrogens is 3. The average Bonchev–Trinajstić information content (AvgIpc) is 3.35. The summed E-state index contributed by atoms with van der Waals surface area (Å²) in [6.07, 6.45) is 0.957. The molecule has 1 aromatic heterocycles. The first-order valence-electron chi connectivity index (χ1n) is 12.0. The molecule has 0 aliphatic carbocycles. The van der Waals surface area contributed by atoms with E-state index in [1.807, 2.05) is 24.3 Å². The molecule has 1 N–H and O–H groups in total. The van der Waals surface area contributed by atoms with Gasteiger partial charge in [-0.3, -0.25) is 9.59 Å². The van der Waals surface area contributed by atoms with Crippen molar-refractivity contribution in [3.05, 3.63) is 76.9 Å². The van der Waals surface area contributed by atoms with E-state index in [4.69, 9.17) is 9.47 Å². The Morgan fingerprint density at radius 3 is 2.53 bits per heavy atom. The predicted molar refractivity (Wildman–Crippen MR) is 127 cm³/mol. The number of ether oxygens (including phenoxy) is 2. The zero-order valence-corrected chi connectivity index (χ0v) is 20.0. The number of rotatable bonds is 6. The van der Waals surface area contributed by atoms with E-state index in [9.17, 15) is 14.0 Å². The van der Waals surface area contributed by atoms with Crippen molar-refractivity contribution < 1.29 is 23.5 Å². The lowest BCUT2D eigenvalue weighted by Gasteiger charge is -2.31. The summed E-state index contributed by atoms with van der Waals surface area (Å²) in [5, 5.41) is 11.3. The van der Waals surface area contributed by atoms with Gasteiger partial charge in [0.1, 0.15) is 17.7 Å². The monoisotopic (exact) mass is 493 g/mol. The molecule has 10 heteroatoms. The molecule has 36 heavy (non-hydrogen) atoms. The number of hydrogen-bond donors (Lipinski definition) is 1. The summed E-state index contributed by atoms with van der Waals surface area (Å²) in [5.41, 5.74) is 2.82. The quantitative estimate of drug-likeness (QED) is 0.567. The van der Waals surface area contributed by atoms with Crippen LogP contribution in [0.2, 0.25) is 0 Å². The van der Waals surface area contributed by atoms with E-state index in [2.05, 4.69) is 15.6 Å². The first kappa shape index (κ1) is 23.9. The van der Waals surface area contributed by atoms with Crippen molar-refractivity contribution in [2.24, 2.45) is 5.92 Å². The normalized spacial score (nSPS) is 17.9. The van der Waals surface area contributed by atoms with E-state index in [-0.39, 0.29) is 36.3 Å². The van der Waals surface area contributed by atoms with E-state index in [0.29, 0.717) is 50.4 Å². The maximum atomic E-state index is 13.2. The van der Waals surface area contributed by atoms with Gasteiger partial charge in [-0.2, -0.15) is 0 Å². The molecule has 3 heterocycles. The Morgan fingerprint density at radius 1 is 1.11 bits per heavy atom. The van der Waals surface area contributed by atoms with Crippen molar-refractivity contribution in [2.45, 2.75) is 38.6 Å². The van der Waals surface area contributed by atoms with Crippen LogP contribution in [0.1, 0.15) is 46.3 Å². The number of hydrogen-bond acceptors (Lipinski definition) is 6. The van der Waals surface area contributed by atoms with Crippen molar-refractivity contribution in [2.75, 3.05) is 20.2 Å². The number of piperidine rings is 1. The number of amides is 2. The number of fused-ring (bicyclic) bond motifs is 1. The third-order valence-electron chi connectivity index (χ3n) is 6.82. The Labute approximate surface area is 208 Å². The molecule has 1 atom stereocenters. The minimum absolute atomic E-state index is 0.0505. The molecule has 2 aliphatic heterocycles. The Balaban J connectivity index is 1.15. The maximum Gasteiger partial charge on any atom is 0.276 e. The highest BCUT2D eigenvalue weighted by atomic mass is 19.1. The van der Waals surface area contributed by atoms with Crippen LogP contribution < -0.4 is 10.1 Å². The van der Waals surface area contributed by atoms with Crippen LogP contribution in [0.3, 0.4) is 0 Å². The Kier molecular flexibility index (Phi) is 6.95. The van der Waals surface area contributed by atoms with Gasteiger partial charge in [-0.15, -0.1) is 5.10 Å². The highest BCUT2D eigenvalue weighted by molar-refractivity contribution is 5.93. The predicted octanol–water partition coefficient (Wildman–Crippen LogP) is 2.87. The third kappa shape index (κ3) is 5.08. The Bertz CT molecular complexity index is 1220. The molecule has 0 unspecified atom stereocenters. The van der Waals surface area contributed by atoms with Crippen molar-refractivity contribution in [3.8, 4) is 5.75 Å². The molecule has 2 amide bonds. The largest absolute Gasteiger partial charge is 0.497 e. The molecular formula is C26H28FN5O4. The van der Waals surface area contributed by atoms with Gasteiger partial charge in [0.15, 0.2) is 5.69 Å². The summed E-state index contributed by atoms with van der Waals surface area (Å²) in [6.45, 7) is 2.00. The highest BCUT2D eigenvalue weighted by Gasteiger charge is 2.33. The summed E-state index contributed by atoms with van der Waals surface area (Å²) in [5.74, 6) is 0.0633. The van der Waals surface area contributed by atoms with Crippen LogP contribution in [0.15, 0.2) is 48.5 Å². The van der Waals surface area contributed by atoms with Crippen LogP contribution in [0.25, 0.3) is 0 Å². The van der Waals surface area contributed by atoms with Crippen molar-refractivity contribution in [1.82, 2.24) is 25.2 Å². The number of nitrogens with zero attached hydrogens (tertiary/aromatic N) is 4. The van der Waals surface area contributed by atoms with E-state index < -0.39 is 0 Å². The molecule has 2 aliphatic rings. The van der Waals surface area contributed by atoms with Gasteiger partial charge in [0, 0.05) is 25.6 Å². The average molecular weight is 494 g/mol. The first-order valence-corrected chi connectivity index (χ1v) is 12.0. The summed E-state index contributed by atoms with van der Waals surface area (Å²) in [4.78, 5) is 27.5. The second kappa shape index (κ2) is 10.4. The SMILES string of the molecule is COc1ccc([C@@H]2Cn3nnc(C(=O)N4CCC(C(=O)NCc5ccc(F)cc5)CC4)c3CO2)cc1. The minimum atomic E-state index is -0.306. The molecule has 2 aromatic carbocycles. The van der Waals surface area contributed by atoms with Gasteiger partial charge in [0.05, 0.1) is 26.0 Å². The number of carbonyl (C=O) groups is 2. The molecule has 1 fully saturated rings. The first-order chi connectivity index (χ1) is 17.5. The van der Waals surface area contributed by atoms with E-state index in [0.717, 1.165) is 16.9 Å². The van der Waals surface area contributed by atoms with Crippen LogP contribution in [0, 0.1) is 11.7 Å². The standard InChI is InChI=1S/C26H28FN5O4/c1-35-21-8-4-18(5-9-21)23-15-32-22(16-36-23)24(29-30-32)26(34)31-12-10-19(11-13-31)25(33)28-14-17-2-6-20(27)7-3-17/h2-9,19,23H,10-16H2,1H3,(H,28,33)/t23-/m0/s1. The lowest BCUT2D eigenvalue weighted by Crippen LogP contribution is -2.43. The summed E-state index contributed by atoms with van der Waals surface area (Å²) in [7, 11) is 1.62. The lowest BCUT2D eigenvalue weighted by molar-refractivity contribution is -0.126. The lowest BCUT2D eigenvalue weighted by atomic mass is 9.95. The molecule has 5 rings (SSSR count). The Morgan fingerprint density at radius 2 is 1.83 bits per heavy atom. The van der Waals surface area contributed by atoms with Crippen LogP contribution in [-0.4, -0.2) is 51.9 Å². The number of halogens is 1. The van der Waals surface area contributed by atoms with Gasteiger partial charge in [-0.05, 0) is 48.2 Å². The second-order valence-electron chi connectivity index (χ2n) is 9.05. The summed E-state index contributed by atoms with van der Waals surface area (Å²) >= 11 is 0. The Hall–Kier alpha value is -3.79. The van der Waals surface area contributed by atoms with Crippen LogP contribution in [0.4, 0.5) is 4.39 Å². The third-order valence-corrected chi connectivity index (χ3v) is 6.82. The fourth-order valence-electron chi connectivity index (χ4n) is 4.63. The van der Waals surface area contributed by atoms with Crippen LogP contribution in [0.5, 0.6) is 5.75 Å². The van der Waals surface area contributed by atoms with Crippen molar-refractivity contribution in [1.29, 1.82) is 0 Å². The molecular weight excluding hydrogens is 465 g/mol. The van der Waals surface area contributed by atoms with Crippen LogP contribution >= 0.6 is 0 Å². The van der Waals surface area contributed by atoms with Gasteiger partial charge < -0.3 is 19.7 Å². The number of carbonyl (C=O) groups excluding carboxylic acids is 2. The van der Waals surface area contributed by atoms with Gasteiger partial charge >= 0.3 is 0 Å². The number of likely N-dealkylation sites (tertiary alicyclic amines) is 1. The number of benzene rings is 2. The fourth-order valence-corrected chi connectivity index (χ4v) is 4.63. The fraction of sp³-hybridized carbons (Fsp3) is 0.385. The molecule has 1 saturated heterocycles. The topological polar surface area (TPSA) is 98.6 Å². The van der Waals surface area contributed by atoms with Gasteiger partial charge in [0.25, 0.3) is 5.91 Å². The van der Waals surface area contributed by atoms with Crippen molar-refractivity contribution in [3.63, 3.8) is 0 Å². The van der Waals surface area contributed by atoms with Gasteiger partial charge in [0.2, 0.25) is 5.91 Å². The zero-order valence-electron chi connectivity index (χ0n) is 20.0. The van der Waals surface area contributed by atoms with Crippen LogP contribution in [-0.2, 0) is 29.2 Å². The molecule has 9 nitrogen and oxygen atoms in total. The van der Waals surface area contributed by atoms with Gasteiger partial charge in [-0.1, -0.05) is 29.5 Å². The van der Waals surface area contributed by atoms with E-state index >= 15 is 0 Å². The molecule has 188 valence electrons.